The number of rotatable bonds is 13. The molecule has 1 aromatic rings. The van der Waals surface area contributed by atoms with Gasteiger partial charge < -0.3 is 18.3 Å². The van der Waals surface area contributed by atoms with Gasteiger partial charge in [-0.05, 0) is 34.6 Å². The van der Waals surface area contributed by atoms with Crippen molar-refractivity contribution < 1.29 is 22.9 Å². The number of nitrogens with one attached hydrogen (secondary N) is 1. The molecule has 0 saturated heterocycles. The number of hydrogen-bond donors (Lipinski definition) is 1. The number of nitrogens with zero attached hydrogens (tertiary/aromatic N) is 2. The molecular weight excluding hydrogens is 420 g/mol. The molecule has 0 aliphatic carbocycles. The van der Waals surface area contributed by atoms with Crippen molar-refractivity contribution in [3.8, 4) is 0 Å². The Labute approximate surface area is 173 Å². The van der Waals surface area contributed by atoms with E-state index in [-0.39, 0.29) is 33.8 Å². The van der Waals surface area contributed by atoms with Crippen LogP contribution in [0, 0.1) is 0 Å². The Morgan fingerprint density at radius 2 is 1.72 bits per heavy atom. The molecule has 0 bridgehead atoms. The molecule has 0 aliphatic heterocycles. The molecule has 0 saturated carbocycles. The third kappa shape index (κ3) is 8.06. The van der Waals surface area contributed by atoms with Crippen LogP contribution in [-0.4, -0.2) is 59.4 Å². The highest BCUT2D eigenvalue weighted by molar-refractivity contribution is 7.53. The van der Waals surface area contributed by atoms with Gasteiger partial charge in [0.25, 0.3) is 5.56 Å². The molecule has 0 fully saturated rings. The number of H-pyrrole nitrogens is 1. The molecule has 12 heteroatoms. The number of ether oxygens (including phenoxy) is 1. The van der Waals surface area contributed by atoms with Gasteiger partial charge in [0.2, 0.25) is 0 Å². The maximum Gasteiger partial charge on any atom is 0.332 e. The van der Waals surface area contributed by atoms with Crippen LogP contribution in [0.1, 0.15) is 40.8 Å². The molecule has 29 heavy (non-hydrogen) atoms. The van der Waals surface area contributed by atoms with Crippen LogP contribution in [0.5, 0.6) is 0 Å². The second kappa shape index (κ2) is 12.1. The maximum atomic E-state index is 12.3. The Hall–Kier alpha value is -0.860. The Bertz CT molecular complexity index is 765. The molecule has 1 rings (SSSR count). The highest BCUT2D eigenvalue weighted by atomic mass is 31.2. The molecule has 1 aromatic heterocycles. The topological polar surface area (TPSA) is 112 Å². The van der Waals surface area contributed by atoms with Gasteiger partial charge in [-0.25, -0.2) is 4.79 Å². The van der Waals surface area contributed by atoms with Gasteiger partial charge in [0.05, 0.1) is 21.7 Å². The number of aromatic amines is 1. The predicted molar refractivity (Wildman–Crippen MR) is 114 cm³/mol. The van der Waals surface area contributed by atoms with Crippen LogP contribution in [0.2, 0.25) is 0 Å². The summed E-state index contributed by atoms with van der Waals surface area (Å²) in [6.07, 6.45) is 0.0707. The van der Waals surface area contributed by atoms with E-state index in [1.165, 1.54) is 31.0 Å². The largest absolute Gasteiger partial charge is 0.373 e. The van der Waals surface area contributed by atoms with Crippen LogP contribution in [0.25, 0.3) is 0 Å². The van der Waals surface area contributed by atoms with Crippen molar-refractivity contribution in [3.05, 3.63) is 33.1 Å². The summed E-state index contributed by atoms with van der Waals surface area (Å²) in [7, 11) is -0.608. The molecule has 0 spiro atoms. The molecular formula is C17H33N3O7P2. The van der Waals surface area contributed by atoms with Crippen LogP contribution in [0.4, 0.5) is 0 Å². The van der Waals surface area contributed by atoms with Crippen molar-refractivity contribution in [1.29, 1.82) is 0 Å². The summed E-state index contributed by atoms with van der Waals surface area (Å²) in [6.45, 7) is 10.1. The van der Waals surface area contributed by atoms with E-state index in [2.05, 4.69) is 37.3 Å². The molecule has 1 heterocycles. The normalized spacial score (nSPS) is 15.1. The van der Waals surface area contributed by atoms with Crippen molar-refractivity contribution in [3.63, 3.8) is 0 Å². The van der Waals surface area contributed by atoms with Gasteiger partial charge in [-0.3, -0.25) is 23.6 Å². The van der Waals surface area contributed by atoms with Gasteiger partial charge >= 0.3 is 13.3 Å². The monoisotopic (exact) mass is 453 g/mol. The van der Waals surface area contributed by atoms with E-state index in [1.54, 1.807) is 6.92 Å². The van der Waals surface area contributed by atoms with Gasteiger partial charge in [-0.1, -0.05) is 0 Å². The second-order valence-electron chi connectivity index (χ2n) is 6.99. The smallest absolute Gasteiger partial charge is 0.332 e. The van der Waals surface area contributed by atoms with E-state index in [0.29, 0.717) is 0 Å². The lowest BCUT2D eigenvalue weighted by molar-refractivity contribution is -0.0431. The first-order valence-corrected chi connectivity index (χ1v) is 12.0. The van der Waals surface area contributed by atoms with E-state index < -0.39 is 31.2 Å². The molecule has 3 atom stereocenters. The van der Waals surface area contributed by atoms with Gasteiger partial charge in [0.15, 0.2) is 6.23 Å². The van der Waals surface area contributed by atoms with E-state index in [1.807, 2.05) is 0 Å². The third-order valence-electron chi connectivity index (χ3n) is 4.22. The zero-order chi connectivity index (χ0) is 22.2. The van der Waals surface area contributed by atoms with E-state index in [4.69, 9.17) is 18.3 Å². The van der Waals surface area contributed by atoms with Crippen molar-refractivity contribution in [2.45, 2.75) is 59.0 Å². The van der Waals surface area contributed by atoms with E-state index in [0.717, 1.165) is 0 Å². The highest BCUT2D eigenvalue weighted by Crippen LogP contribution is 2.45. The van der Waals surface area contributed by atoms with Crippen LogP contribution >= 0.6 is 16.6 Å². The summed E-state index contributed by atoms with van der Waals surface area (Å²) in [6, 6.07) is 1.74. The van der Waals surface area contributed by atoms with Crippen LogP contribution in [0.15, 0.2) is 21.9 Å². The summed E-state index contributed by atoms with van der Waals surface area (Å²) in [5, 5.41) is 0. The SMILES string of the molecule is COP(=O)(CCO[C@H](C)[C@@H](OPN(C(C)C)C(C)C)n1ccc(=O)[nH]c1=O)OC. The lowest BCUT2D eigenvalue weighted by Crippen LogP contribution is -2.38. The van der Waals surface area contributed by atoms with E-state index in [9.17, 15) is 14.2 Å². The van der Waals surface area contributed by atoms with Crippen LogP contribution < -0.4 is 11.2 Å². The lowest BCUT2D eigenvalue weighted by Gasteiger charge is -2.33. The second-order valence-corrected chi connectivity index (χ2v) is 10.3. The first-order valence-electron chi connectivity index (χ1n) is 9.38. The van der Waals surface area contributed by atoms with Crippen molar-refractivity contribution in [1.82, 2.24) is 14.2 Å². The average Bonchev–Trinajstić information content (AvgIpc) is 2.65. The lowest BCUT2D eigenvalue weighted by atomic mass is 10.3. The predicted octanol–water partition coefficient (Wildman–Crippen LogP) is 2.57. The number of aromatic nitrogens is 2. The van der Waals surface area contributed by atoms with Gasteiger partial charge in [0.1, 0.15) is 6.10 Å². The average molecular weight is 453 g/mol. The summed E-state index contributed by atoms with van der Waals surface area (Å²) in [5.74, 6) is 0. The molecule has 1 N–H and O–H groups in total. The summed E-state index contributed by atoms with van der Waals surface area (Å²) in [4.78, 5) is 25.9. The van der Waals surface area contributed by atoms with Gasteiger partial charge in [0, 0.05) is 38.6 Å². The van der Waals surface area contributed by atoms with Crippen LogP contribution in [-0.2, 0) is 22.9 Å². The summed E-state index contributed by atoms with van der Waals surface area (Å²) in [5.41, 5.74) is -1.09. The zero-order valence-corrected chi connectivity index (χ0v) is 20.0. The molecule has 1 unspecified atom stereocenters. The summed E-state index contributed by atoms with van der Waals surface area (Å²) < 4.78 is 37.2. The third-order valence-corrected chi connectivity index (χ3v) is 7.65. The zero-order valence-electron chi connectivity index (χ0n) is 18.1. The van der Waals surface area contributed by atoms with Crippen LogP contribution in [0.3, 0.4) is 0 Å². The fraction of sp³-hybridized carbons (Fsp3) is 0.765. The van der Waals surface area contributed by atoms with E-state index >= 15 is 0 Å². The first-order chi connectivity index (χ1) is 13.5. The Balaban J connectivity index is 2.99. The highest BCUT2D eigenvalue weighted by Gasteiger charge is 2.27. The number of hydrogen-bond acceptors (Lipinski definition) is 8. The molecule has 0 aliphatic rings. The fourth-order valence-corrected chi connectivity index (χ4v) is 4.42. The molecule has 10 nitrogen and oxygen atoms in total. The minimum atomic E-state index is -3.20. The summed E-state index contributed by atoms with van der Waals surface area (Å²) >= 11 is 0. The Kier molecular flexibility index (Phi) is 10.9. The van der Waals surface area contributed by atoms with Crippen molar-refractivity contribution >= 4 is 16.6 Å². The minimum absolute atomic E-state index is 0.0320. The Morgan fingerprint density at radius 3 is 2.21 bits per heavy atom. The maximum absolute atomic E-state index is 12.3. The van der Waals surface area contributed by atoms with Crippen molar-refractivity contribution in [2.24, 2.45) is 0 Å². The minimum Gasteiger partial charge on any atom is -0.373 e. The molecule has 0 amide bonds. The van der Waals surface area contributed by atoms with Gasteiger partial charge in [-0.2, -0.15) is 0 Å². The molecule has 168 valence electrons. The Morgan fingerprint density at radius 1 is 1.14 bits per heavy atom. The van der Waals surface area contributed by atoms with Crippen molar-refractivity contribution in [2.75, 3.05) is 27.0 Å². The molecule has 0 aromatic carbocycles. The standard InChI is InChI=1S/C17H33N3O7P2/c1-12(2)20(13(3)4)28-27-16(19-9-8-15(21)18-17(19)22)14(5)26-10-11-29(23,24-6)25-7/h8-9,12-14,16,28H,10-11H2,1-7H3,(H,18,21,22)/t14-,16-/m1/s1. The fourth-order valence-electron chi connectivity index (χ4n) is 2.62. The molecule has 0 radical (unpaired) electrons. The van der Waals surface area contributed by atoms with Gasteiger partial charge in [-0.15, -0.1) is 0 Å². The quantitative estimate of drug-likeness (QED) is 0.454. The first kappa shape index (κ1) is 26.2.